The lowest BCUT2D eigenvalue weighted by Crippen LogP contribution is -2.46. The van der Waals surface area contributed by atoms with E-state index in [1.165, 1.54) is 0 Å². The number of piperazine rings is 1. The molecule has 5 heteroatoms. The molecule has 1 aliphatic heterocycles. The second kappa shape index (κ2) is 8.46. The molecule has 0 atom stereocenters. The maximum Gasteiger partial charge on any atom is 0.255 e. The van der Waals surface area contributed by atoms with Crippen molar-refractivity contribution < 1.29 is 9.59 Å². The van der Waals surface area contributed by atoms with Gasteiger partial charge in [0.2, 0.25) is 0 Å². The zero-order valence-electron chi connectivity index (χ0n) is 16.3. The lowest BCUT2D eigenvalue weighted by molar-refractivity contribution is 0.0876. The van der Waals surface area contributed by atoms with Crippen LogP contribution in [0, 0.1) is 13.8 Å². The number of ketones is 1. The third-order valence-corrected chi connectivity index (χ3v) is 5.20. The summed E-state index contributed by atoms with van der Waals surface area (Å²) < 4.78 is 0. The summed E-state index contributed by atoms with van der Waals surface area (Å²) in [5.41, 5.74) is 4.25. The van der Waals surface area contributed by atoms with Gasteiger partial charge in [0.15, 0.2) is 5.78 Å². The second-order valence-corrected chi connectivity index (χ2v) is 7.33. The van der Waals surface area contributed by atoms with E-state index in [2.05, 4.69) is 22.2 Å². The summed E-state index contributed by atoms with van der Waals surface area (Å²) >= 11 is 0. The minimum atomic E-state index is -0.144. The van der Waals surface area contributed by atoms with Crippen LogP contribution in [0.2, 0.25) is 0 Å². The van der Waals surface area contributed by atoms with E-state index in [4.69, 9.17) is 0 Å². The number of Topliss-reactive ketones (excluding diaryl/α,β-unsaturated/α-hetero) is 1. The molecule has 0 aromatic heterocycles. The highest BCUT2D eigenvalue weighted by molar-refractivity contribution is 6.05. The number of carbonyl (C=O) groups excluding carboxylic acids is 2. The first-order valence-electron chi connectivity index (χ1n) is 9.35. The van der Waals surface area contributed by atoms with Gasteiger partial charge in [0.05, 0.1) is 6.54 Å². The Hall–Kier alpha value is -2.50. The summed E-state index contributed by atoms with van der Waals surface area (Å²) in [6.45, 7) is 8.30. The average molecular weight is 365 g/mol. The molecule has 0 radical (unpaired) electrons. The van der Waals surface area contributed by atoms with E-state index in [-0.39, 0.29) is 11.7 Å². The number of nitrogens with one attached hydrogen (secondary N) is 1. The standard InChI is InChI=1S/C22H27N3O2/c1-16-4-5-19(14-17(16)2)22(27)23-20-8-6-18(7-9-20)21(26)15-25-12-10-24(3)11-13-25/h4-9,14H,10-13,15H2,1-3H3,(H,23,27). The molecule has 5 nitrogen and oxygen atoms in total. The van der Waals surface area contributed by atoms with Gasteiger partial charge in [-0.2, -0.15) is 0 Å². The van der Waals surface area contributed by atoms with Crippen molar-refractivity contribution in [2.75, 3.05) is 45.1 Å². The Labute approximate surface area is 161 Å². The van der Waals surface area contributed by atoms with Crippen LogP contribution in [0.3, 0.4) is 0 Å². The van der Waals surface area contributed by atoms with Gasteiger partial charge in [0.25, 0.3) is 5.91 Å². The van der Waals surface area contributed by atoms with Crippen molar-refractivity contribution >= 4 is 17.4 Å². The van der Waals surface area contributed by atoms with Crippen LogP contribution in [-0.2, 0) is 0 Å². The van der Waals surface area contributed by atoms with E-state index in [1.807, 2.05) is 32.0 Å². The van der Waals surface area contributed by atoms with Gasteiger partial charge in [-0.1, -0.05) is 6.07 Å². The predicted octanol–water partition coefficient (Wildman–Crippen LogP) is 2.99. The van der Waals surface area contributed by atoms with Crippen LogP contribution in [0.4, 0.5) is 5.69 Å². The van der Waals surface area contributed by atoms with E-state index in [1.54, 1.807) is 24.3 Å². The fourth-order valence-electron chi connectivity index (χ4n) is 3.13. The molecule has 0 spiro atoms. The molecule has 1 heterocycles. The number of hydrogen-bond acceptors (Lipinski definition) is 4. The number of hydrogen-bond donors (Lipinski definition) is 1. The third kappa shape index (κ3) is 5.02. The molecule has 0 bridgehead atoms. The third-order valence-electron chi connectivity index (χ3n) is 5.20. The predicted molar refractivity (Wildman–Crippen MR) is 109 cm³/mol. The second-order valence-electron chi connectivity index (χ2n) is 7.33. The molecule has 1 aliphatic rings. The fourth-order valence-corrected chi connectivity index (χ4v) is 3.13. The normalized spacial score (nSPS) is 15.5. The molecular weight excluding hydrogens is 338 g/mol. The van der Waals surface area contributed by atoms with Crippen molar-refractivity contribution in [1.29, 1.82) is 0 Å². The van der Waals surface area contributed by atoms with Gasteiger partial charge in [-0.3, -0.25) is 14.5 Å². The Morgan fingerprint density at radius 3 is 2.15 bits per heavy atom. The molecule has 1 saturated heterocycles. The average Bonchev–Trinajstić information content (AvgIpc) is 2.66. The van der Waals surface area contributed by atoms with Gasteiger partial charge in [-0.15, -0.1) is 0 Å². The zero-order valence-corrected chi connectivity index (χ0v) is 16.3. The van der Waals surface area contributed by atoms with E-state index < -0.39 is 0 Å². The van der Waals surface area contributed by atoms with Crippen molar-refractivity contribution in [3.63, 3.8) is 0 Å². The number of rotatable bonds is 5. The SMILES string of the molecule is Cc1ccc(C(=O)Nc2ccc(C(=O)CN3CCN(C)CC3)cc2)cc1C. The summed E-state index contributed by atoms with van der Waals surface area (Å²) in [5, 5.41) is 2.89. The first-order chi connectivity index (χ1) is 12.9. The lowest BCUT2D eigenvalue weighted by atomic mass is 10.1. The molecule has 142 valence electrons. The van der Waals surface area contributed by atoms with Gasteiger partial charge < -0.3 is 10.2 Å². The van der Waals surface area contributed by atoms with Crippen molar-refractivity contribution in [1.82, 2.24) is 9.80 Å². The molecule has 0 unspecified atom stereocenters. The summed E-state index contributed by atoms with van der Waals surface area (Å²) in [7, 11) is 2.10. The largest absolute Gasteiger partial charge is 0.322 e. The number of amides is 1. The molecule has 2 aromatic carbocycles. The molecule has 0 aliphatic carbocycles. The molecule has 3 rings (SSSR count). The first kappa shape index (κ1) is 19.3. The highest BCUT2D eigenvalue weighted by Crippen LogP contribution is 2.15. The minimum absolute atomic E-state index is 0.117. The first-order valence-corrected chi connectivity index (χ1v) is 9.35. The Morgan fingerprint density at radius 1 is 0.889 bits per heavy atom. The van der Waals surface area contributed by atoms with E-state index in [0.717, 1.165) is 37.3 Å². The quantitative estimate of drug-likeness (QED) is 0.828. The Kier molecular flexibility index (Phi) is 6.04. The van der Waals surface area contributed by atoms with Crippen LogP contribution in [-0.4, -0.2) is 61.3 Å². The summed E-state index contributed by atoms with van der Waals surface area (Å²) in [6.07, 6.45) is 0. The summed E-state index contributed by atoms with van der Waals surface area (Å²) in [6, 6.07) is 12.8. The van der Waals surface area contributed by atoms with Gasteiger partial charge >= 0.3 is 0 Å². The Bertz CT molecular complexity index is 822. The van der Waals surface area contributed by atoms with Crippen molar-refractivity contribution in [2.24, 2.45) is 0 Å². The smallest absolute Gasteiger partial charge is 0.255 e. The number of nitrogens with zero attached hydrogens (tertiary/aromatic N) is 2. The van der Waals surface area contributed by atoms with Gasteiger partial charge in [0, 0.05) is 43.0 Å². The fraction of sp³-hybridized carbons (Fsp3) is 0.364. The van der Waals surface area contributed by atoms with Crippen molar-refractivity contribution in [3.8, 4) is 0 Å². The number of carbonyl (C=O) groups is 2. The number of anilines is 1. The van der Waals surface area contributed by atoms with Crippen molar-refractivity contribution in [3.05, 3.63) is 64.7 Å². The highest BCUT2D eigenvalue weighted by Gasteiger charge is 2.17. The van der Waals surface area contributed by atoms with Crippen LogP contribution in [0.25, 0.3) is 0 Å². The van der Waals surface area contributed by atoms with Gasteiger partial charge in [0.1, 0.15) is 0 Å². The van der Waals surface area contributed by atoms with Crippen LogP contribution in [0.15, 0.2) is 42.5 Å². The molecule has 0 saturated carbocycles. The van der Waals surface area contributed by atoms with Crippen LogP contribution in [0.1, 0.15) is 31.8 Å². The topological polar surface area (TPSA) is 52.7 Å². The maximum absolute atomic E-state index is 12.5. The number of likely N-dealkylation sites (N-methyl/N-ethyl adjacent to an activating group) is 1. The van der Waals surface area contributed by atoms with E-state index >= 15 is 0 Å². The monoisotopic (exact) mass is 365 g/mol. The van der Waals surface area contributed by atoms with Gasteiger partial charge in [-0.25, -0.2) is 0 Å². The molecule has 1 amide bonds. The zero-order chi connectivity index (χ0) is 19.4. The van der Waals surface area contributed by atoms with Crippen LogP contribution in [0.5, 0.6) is 0 Å². The molecule has 1 fully saturated rings. The maximum atomic E-state index is 12.5. The Balaban J connectivity index is 1.58. The lowest BCUT2D eigenvalue weighted by Gasteiger charge is -2.31. The molecule has 2 aromatic rings. The minimum Gasteiger partial charge on any atom is -0.322 e. The summed E-state index contributed by atoms with van der Waals surface area (Å²) in [4.78, 5) is 29.3. The van der Waals surface area contributed by atoms with Gasteiger partial charge in [-0.05, 0) is 68.4 Å². The summed E-state index contributed by atoms with van der Waals surface area (Å²) in [5.74, 6) is -0.0267. The van der Waals surface area contributed by atoms with Crippen LogP contribution >= 0.6 is 0 Å². The van der Waals surface area contributed by atoms with Crippen molar-refractivity contribution in [2.45, 2.75) is 13.8 Å². The molecular formula is C22H27N3O2. The number of benzene rings is 2. The molecule has 1 N–H and O–H groups in total. The van der Waals surface area contributed by atoms with E-state index in [0.29, 0.717) is 23.4 Å². The molecule has 27 heavy (non-hydrogen) atoms. The number of aryl methyl sites for hydroxylation is 2. The Morgan fingerprint density at radius 2 is 1.52 bits per heavy atom. The van der Waals surface area contributed by atoms with Crippen LogP contribution < -0.4 is 5.32 Å². The highest BCUT2D eigenvalue weighted by atomic mass is 16.1. The van der Waals surface area contributed by atoms with E-state index in [9.17, 15) is 9.59 Å².